The van der Waals surface area contributed by atoms with Crippen molar-refractivity contribution in [1.82, 2.24) is 4.90 Å². The number of hydrogen-bond acceptors (Lipinski definition) is 3. The molecule has 1 amide bonds. The van der Waals surface area contributed by atoms with Crippen LogP contribution in [0.3, 0.4) is 0 Å². The first kappa shape index (κ1) is 11.5. The maximum absolute atomic E-state index is 12.5. The highest BCUT2D eigenvalue weighted by atomic mass is 16.5. The third kappa shape index (κ3) is 1.77. The highest BCUT2D eigenvalue weighted by Gasteiger charge is 2.41. The van der Waals surface area contributed by atoms with Gasteiger partial charge >= 0.3 is 0 Å². The van der Waals surface area contributed by atoms with E-state index in [1.165, 1.54) is 5.56 Å². The van der Waals surface area contributed by atoms with Crippen LogP contribution in [0.5, 0.6) is 0 Å². The number of nitrogen functional groups attached to an aromatic ring is 1. The third-order valence-electron chi connectivity index (χ3n) is 3.91. The average Bonchev–Trinajstić information content (AvgIpc) is 2.94. The minimum absolute atomic E-state index is 0.106. The third-order valence-corrected chi connectivity index (χ3v) is 3.91. The number of nitrogens with zero attached hydrogens (tertiary/aromatic N) is 1. The summed E-state index contributed by atoms with van der Waals surface area (Å²) >= 11 is 0. The summed E-state index contributed by atoms with van der Waals surface area (Å²) in [4.78, 5) is 14.4. The van der Waals surface area contributed by atoms with Crippen molar-refractivity contribution in [2.24, 2.45) is 0 Å². The first-order valence-corrected chi connectivity index (χ1v) is 6.39. The van der Waals surface area contributed by atoms with E-state index in [1.54, 1.807) is 0 Å². The summed E-state index contributed by atoms with van der Waals surface area (Å²) < 4.78 is 5.62. The summed E-state index contributed by atoms with van der Waals surface area (Å²) in [5, 5.41) is 0. The van der Waals surface area contributed by atoms with Gasteiger partial charge in [0.1, 0.15) is 5.60 Å². The number of ether oxygens (including phenoxy) is 1. The predicted molar refractivity (Wildman–Crippen MR) is 68.7 cm³/mol. The number of nitrogens with two attached hydrogens (primary N) is 1. The van der Waals surface area contributed by atoms with Crippen LogP contribution in [0.4, 0.5) is 5.69 Å². The second-order valence-electron chi connectivity index (χ2n) is 5.37. The normalized spacial score (nSPS) is 26.4. The Morgan fingerprint density at radius 1 is 1.39 bits per heavy atom. The van der Waals surface area contributed by atoms with E-state index in [-0.39, 0.29) is 5.91 Å². The topological polar surface area (TPSA) is 55.6 Å². The van der Waals surface area contributed by atoms with Crippen molar-refractivity contribution in [3.8, 4) is 0 Å². The molecule has 0 bridgehead atoms. The largest absolute Gasteiger partial charge is 0.399 e. The standard InChI is InChI=1S/C14H18N2O2/c1-14(5-2-6-18-14)13(17)16-8-10-3-4-12(15)7-11(10)9-16/h3-4,7H,2,5-6,8-9,15H2,1H3. The van der Waals surface area contributed by atoms with Crippen LogP contribution < -0.4 is 5.73 Å². The smallest absolute Gasteiger partial charge is 0.255 e. The lowest BCUT2D eigenvalue weighted by Crippen LogP contribution is -2.44. The molecule has 18 heavy (non-hydrogen) atoms. The van der Waals surface area contributed by atoms with Crippen molar-refractivity contribution in [3.63, 3.8) is 0 Å². The number of fused-ring (bicyclic) bond motifs is 1. The summed E-state index contributed by atoms with van der Waals surface area (Å²) in [7, 11) is 0. The summed E-state index contributed by atoms with van der Waals surface area (Å²) in [6, 6.07) is 5.86. The molecule has 0 saturated carbocycles. The molecule has 2 N–H and O–H groups in total. The Balaban J connectivity index is 1.79. The van der Waals surface area contributed by atoms with Gasteiger partial charge in [-0.15, -0.1) is 0 Å². The van der Waals surface area contributed by atoms with Crippen LogP contribution in [0.2, 0.25) is 0 Å². The fourth-order valence-electron chi connectivity index (χ4n) is 2.84. The summed E-state index contributed by atoms with van der Waals surface area (Å²) in [6.07, 6.45) is 1.79. The number of hydrogen-bond donors (Lipinski definition) is 1. The molecule has 0 aliphatic carbocycles. The van der Waals surface area contributed by atoms with Gasteiger partial charge in [0.05, 0.1) is 0 Å². The maximum Gasteiger partial charge on any atom is 0.255 e. The Hall–Kier alpha value is -1.55. The Morgan fingerprint density at radius 2 is 2.17 bits per heavy atom. The number of carbonyl (C=O) groups excluding carboxylic acids is 1. The minimum atomic E-state index is -0.617. The van der Waals surface area contributed by atoms with Crippen LogP contribution in [-0.2, 0) is 22.6 Å². The van der Waals surface area contributed by atoms with Gasteiger partial charge in [0, 0.05) is 25.4 Å². The van der Waals surface area contributed by atoms with Crippen LogP contribution in [0.15, 0.2) is 18.2 Å². The van der Waals surface area contributed by atoms with Crippen molar-refractivity contribution in [2.75, 3.05) is 12.3 Å². The van der Waals surface area contributed by atoms with Gasteiger partial charge in [0.2, 0.25) is 0 Å². The lowest BCUT2D eigenvalue weighted by atomic mass is 10.0. The van der Waals surface area contributed by atoms with Crippen molar-refractivity contribution in [1.29, 1.82) is 0 Å². The SMILES string of the molecule is CC1(C(=O)N2Cc3ccc(N)cc3C2)CCCO1. The first-order valence-electron chi connectivity index (χ1n) is 6.39. The molecule has 2 aliphatic heterocycles. The van der Waals surface area contributed by atoms with Crippen LogP contribution in [0, 0.1) is 0 Å². The minimum Gasteiger partial charge on any atom is -0.399 e. The fraction of sp³-hybridized carbons (Fsp3) is 0.500. The zero-order chi connectivity index (χ0) is 12.8. The summed E-state index contributed by atoms with van der Waals surface area (Å²) in [5.74, 6) is 0.106. The number of anilines is 1. The lowest BCUT2D eigenvalue weighted by Gasteiger charge is -2.27. The number of benzene rings is 1. The maximum atomic E-state index is 12.5. The second-order valence-corrected chi connectivity index (χ2v) is 5.37. The van der Waals surface area contributed by atoms with E-state index < -0.39 is 5.60 Å². The van der Waals surface area contributed by atoms with Gasteiger partial charge in [0.25, 0.3) is 5.91 Å². The molecule has 1 saturated heterocycles. The quantitative estimate of drug-likeness (QED) is 0.767. The number of carbonyl (C=O) groups is 1. The fourth-order valence-corrected chi connectivity index (χ4v) is 2.84. The molecular weight excluding hydrogens is 228 g/mol. The number of rotatable bonds is 1. The van der Waals surface area contributed by atoms with Gasteiger partial charge in [0.15, 0.2) is 0 Å². The van der Waals surface area contributed by atoms with Crippen LogP contribution in [0.1, 0.15) is 30.9 Å². The van der Waals surface area contributed by atoms with Crippen molar-refractivity contribution >= 4 is 11.6 Å². The molecule has 0 spiro atoms. The molecular formula is C14H18N2O2. The predicted octanol–water partition coefficient (Wildman–Crippen LogP) is 1.68. The van der Waals surface area contributed by atoms with Crippen LogP contribution >= 0.6 is 0 Å². The van der Waals surface area contributed by atoms with Crippen molar-refractivity contribution in [3.05, 3.63) is 29.3 Å². The van der Waals surface area contributed by atoms with Crippen LogP contribution in [-0.4, -0.2) is 23.0 Å². The van der Waals surface area contributed by atoms with E-state index in [0.717, 1.165) is 24.1 Å². The zero-order valence-electron chi connectivity index (χ0n) is 10.6. The molecule has 1 atom stereocenters. The molecule has 1 aromatic carbocycles. The van der Waals surface area contributed by atoms with Gasteiger partial charge in [-0.25, -0.2) is 0 Å². The van der Waals surface area contributed by atoms with Gasteiger partial charge in [-0.1, -0.05) is 6.07 Å². The van der Waals surface area contributed by atoms with Crippen LogP contribution in [0.25, 0.3) is 0 Å². The second kappa shape index (κ2) is 3.99. The van der Waals surface area contributed by atoms with Crippen molar-refractivity contribution < 1.29 is 9.53 Å². The zero-order valence-corrected chi connectivity index (χ0v) is 10.6. The molecule has 1 unspecified atom stereocenters. The molecule has 0 aromatic heterocycles. The average molecular weight is 246 g/mol. The number of amides is 1. The Labute approximate surface area is 107 Å². The molecule has 2 aliphatic rings. The van der Waals surface area contributed by atoms with E-state index >= 15 is 0 Å². The molecule has 2 heterocycles. The van der Waals surface area contributed by atoms with Gasteiger partial charge in [-0.2, -0.15) is 0 Å². The molecule has 4 heteroatoms. The van der Waals surface area contributed by atoms with Crippen molar-refractivity contribution in [2.45, 2.75) is 38.5 Å². The van der Waals surface area contributed by atoms with E-state index in [2.05, 4.69) is 0 Å². The van der Waals surface area contributed by atoms with Gasteiger partial charge < -0.3 is 15.4 Å². The summed E-state index contributed by atoms with van der Waals surface area (Å²) in [6.45, 7) is 3.92. The van der Waals surface area contributed by atoms with E-state index in [0.29, 0.717) is 19.7 Å². The molecule has 4 nitrogen and oxygen atoms in total. The summed E-state index contributed by atoms with van der Waals surface area (Å²) in [5.41, 5.74) is 8.26. The van der Waals surface area contributed by atoms with E-state index in [1.807, 2.05) is 30.0 Å². The highest BCUT2D eigenvalue weighted by molar-refractivity contribution is 5.85. The highest BCUT2D eigenvalue weighted by Crippen LogP contribution is 2.32. The Bertz CT molecular complexity index is 493. The Kier molecular flexibility index (Phi) is 2.55. The van der Waals surface area contributed by atoms with E-state index in [4.69, 9.17) is 10.5 Å². The molecule has 1 aromatic rings. The lowest BCUT2D eigenvalue weighted by molar-refractivity contribution is -0.151. The van der Waals surface area contributed by atoms with Gasteiger partial charge in [-0.05, 0) is 43.0 Å². The molecule has 96 valence electrons. The monoisotopic (exact) mass is 246 g/mol. The van der Waals surface area contributed by atoms with Gasteiger partial charge in [-0.3, -0.25) is 4.79 Å². The first-order chi connectivity index (χ1) is 8.58. The van der Waals surface area contributed by atoms with E-state index in [9.17, 15) is 4.79 Å². The molecule has 1 fully saturated rings. The Morgan fingerprint density at radius 3 is 2.89 bits per heavy atom. The molecule has 3 rings (SSSR count). The molecule has 0 radical (unpaired) electrons.